The monoisotopic (exact) mass is 289 g/mol. The van der Waals surface area contributed by atoms with Crippen LogP contribution in [-0.2, 0) is 0 Å². The van der Waals surface area contributed by atoms with Crippen molar-refractivity contribution in [3.8, 4) is 0 Å². The van der Waals surface area contributed by atoms with E-state index in [1.165, 1.54) is 30.3 Å². The Hall–Kier alpha value is -1.32. The van der Waals surface area contributed by atoms with Crippen molar-refractivity contribution in [2.75, 3.05) is 18.0 Å². The number of halogens is 1. The highest BCUT2D eigenvalue weighted by atomic mass is 35.5. The molecule has 1 fully saturated rings. The van der Waals surface area contributed by atoms with Crippen LogP contribution in [0.2, 0.25) is 5.02 Å². The first-order chi connectivity index (χ1) is 9.79. The van der Waals surface area contributed by atoms with Gasteiger partial charge in [-0.3, -0.25) is 4.98 Å². The van der Waals surface area contributed by atoms with E-state index in [4.69, 9.17) is 17.3 Å². The highest BCUT2D eigenvalue weighted by Gasteiger charge is 2.25. The van der Waals surface area contributed by atoms with Crippen LogP contribution in [0, 0.1) is 0 Å². The standard InChI is InChI=1S/C16H20ClN3/c17-12-5-6-14-15(11-12)19-9-7-16(14)20(10-2-8-18)13-3-1-4-13/h5-7,9,11,13H,1-4,8,10,18H2. The Morgan fingerprint density at radius 1 is 1.30 bits per heavy atom. The van der Waals surface area contributed by atoms with Crippen molar-refractivity contribution in [1.29, 1.82) is 0 Å². The van der Waals surface area contributed by atoms with Crippen LogP contribution in [0.5, 0.6) is 0 Å². The summed E-state index contributed by atoms with van der Waals surface area (Å²) in [7, 11) is 0. The summed E-state index contributed by atoms with van der Waals surface area (Å²) in [6, 6.07) is 8.72. The highest BCUT2D eigenvalue weighted by molar-refractivity contribution is 6.31. The fourth-order valence-corrected chi connectivity index (χ4v) is 2.98. The number of benzene rings is 1. The van der Waals surface area contributed by atoms with Crippen LogP contribution in [0.4, 0.5) is 5.69 Å². The van der Waals surface area contributed by atoms with Gasteiger partial charge in [-0.25, -0.2) is 0 Å². The Labute approximate surface area is 124 Å². The van der Waals surface area contributed by atoms with E-state index in [0.29, 0.717) is 6.04 Å². The van der Waals surface area contributed by atoms with E-state index in [0.717, 1.165) is 30.0 Å². The average Bonchev–Trinajstić information content (AvgIpc) is 2.40. The van der Waals surface area contributed by atoms with Crippen molar-refractivity contribution >= 4 is 28.2 Å². The summed E-state index contributed by atoms with van der Waals surface area (Å²) in [5.41, 5.74) is 7.92. The van der Waals surface area contributed by atoms with Gasteiger partial charge in [0.2, 0.25) is 0 Å². The lowest BCUT2D eigenvalue weighted by Crippen LogP contribution is -2.41. The number of anilines is 1. The van der Waals surface area contributed by atoms with Gasteiger partial charge >= 0.3 is 0 Å². The van der Waals surface area contributed by atoms with Crippen molar-refractivity contribution in [2.45, 2.75) is 31.7 Å². The third kappa shape index (κ3) is 2.60. The zero-order chi connectivity index (χ0) is 13.9. The van der Waals surface area contributed by atoms with Crippen molar-refractivity contribution in [3.63, 3.8) is 0 Å². The highest BCUT2D eigenvalue weighted by Crippen LogP contribution is 2.34. The molecule has 0 saturated heterocycles. The summed E-state index contributed by atoms with van der Waals surface area (Å²) < 4.78 is 0. The Kier molecular flexibility index (Phi) is 4.08. The third-order valence-corrected chi connectivity index (χ3v) is 4.34. The maximum Gasteiger partial charge on any atom is 0.0737 e. The number of aromatic nitrogens is 1. The summed E-state index contributed by atoms with van der Waals surface area (Å²) >= 11 is 6.07. The van der Waals surface area contributed by atoms with Crippen LogP contribution in [0.15, 0.2) is 30.5 Å². The molecule has 1 aliphatic rings. The lowest BCUT2D eigenvalue weighted by molar-refractivity contribution is 0.385. The number of nitrogens with two attached hydrogens (primary N) is 1. The van der Waals surface area contributed by atoms with Gasteiger partial charge in [0.15, 0.2) is 0 Å². The molecule has 0 amide bonds. The topological polar surface area (TPSA) is 42.1 Å². The first kappa shape index (κ1) is 13.7. The molecule has 4 heteroatoms. The van der Waals surface area contributed by atoms with Crippen LogP contribution < -0.4 is 10.6 Å². The Balaban J connectivity index is 2.00. The quantitative estimate of drug-likeness (QED) is 0.914. The van der Waals surface area contributed by atoms with Crippen molar-refractivity contribution < 1.29 is 0 Å². The van der Waals surface area contributed by atoms with Gasteiger partial charge in [-0.15, -0.1) is 0 Å². The van der Waals surface area contributed by atoms with Crippen LogP contribution in [0.3, 0.4) is 0 Å². The second kappa shape index (κ2) is 5.98. The van der Waals surface area contributed by atoms with E-state index in [1.807, 2.05) is 18.3 Å². The molecule has 1 saturated carbocycles. The lowest BCUT2D eigenvalue weighted by atomic mass is 9.90. The van der Waals surface area contributed by atoms with Gasteiger partial charge in [-0.05, 0) is 56.5 Å². The molecule has 0 unspecified atom stereocenters. The molecule has 2 N–H and O–H groups in total. The SMILES string of the molecule is NCCCN(c1ccnc2cc(Cl)ccc12)C1CCC1. The summed E-state index contributed by atoms with van der Waals surface area (Å²) in [6.07, 6.45) is 6.79. The minimum Gasteiger partial charge on any atom is -0.368 e. The summed E-state index contributed by atoms with van der Waals surface area (Å²) in [6.45, 7) is 1.75. The van der Waals surface area contributed by atoms with E-state index < -0.39 is 0 Å². The predicted octanol–water partition coefficient (Wildman–Crippen LogP) is 3.60. The van der Waals surface area contributed by atoms with Gasteiger partial charge in [-0.2, -0.15) is 0 Å². The van der Waals surface area contributed by atoms with Gasteiger partial charge in [0.1, 0.15) is 0 Å². The second-order valence-corrected chi connectivity index (χ2v) is 5.85. The molecule has 1 aliphatic carbocycles. The number of fused-ring (bicyclic) bond motifs is 1. The first-order valence-electron chi connectivity index (χ1n) is 7.30. The Morgan fingerprint density at radius 3 is 2.85 bits per heavy atom. The molecule has 1 aromatic heterocycles. The number of nitrogens with zero attached hydrogens (tertiary/aromatic N) is 2. The molecule has 0 spiro atoms. The summed E-state index contributed by atoms with van der Waals surface area (Å²) in [5, 5.41) is 1.92. The molecular formula is C16H20ClN3. The summed E-state index contributed by atoms with van der Waals surface area (Å²) in [5.74, 6) is 0. The summed E-state index contributed by atoms with van der Waals surface area (Å²) in [4.78, 5) is 6.94. The fraction of sp³-hybridized carbons (Fsp3) is 0.438. The predicted molar refractivity (Wildman–Crippen MR) is 85.4 cm³/mol. The molecule has 20 heavy (non-hydrogen) atoms. The smallest absolute Gasteiger partial charge is 0.0737 e. The zero-order valence-electron chi connectivity index (χ0n) is 11.6. The van der Waals surface area contributed by atoms with E-state index >= 15 is 0 Å². The van der Waals surface area contributed by atoms with Crippen molar-refractivity contribution in [1.82, 2.24) is 4.98 Å². The van der Waals surface area contributed by atoms with E-state index in [-0.39, 0.29) is 0 Å². The molecule has 0 radical (unpaired) electrons. The number of rotatable bonds is 5. The van der Waals surface area contributed by atoms with E-state index in [1.54, 1.807) is 0 Å². The van der Waals surface area contributed by atoms with E-state index in [2.05, 4.69) is 22.0 Å². The van der Waals surface area contributed by atoms with Gasteiger partial charge < -0.3 is 10.6 Å². The van der Waals surface area contributed by atoms with E-state index in [9.17, 15) is 0 Å². The minimum absolute atomic E-state index is 0.655. The molecule has 0 atom stereocenters. The van der Waals surface area contributed by atoms with Crippen LogP contribution >= 0.6 is 11.6 Å². The molecule has 3 nitrogen and oxygen atoms in total. The normalized spacial score (nSPS) is 15.3. The third-order valence-electron chi connectivity index (χ3n) is 4.11. The van der Waals surface area contributed by atoms with Gasteiger partial charge in [0, 0.05) is 34.9 Å². The molecule has 1 heterocycles. The number of hydrogen-bond donors (Lipinski definition) is 1. The number of hydrogen-bond acceptors (Lipinski definition) is 3. The lowest BCUT2D eigenvalue weighted by Gasteiger charge is -2.39. The van der Waals surface area contributed by atoms with Crippen LogP contribution in [0.25, 0.3) is 10.9 Å². The largest absolute Gasteiger partial charge is 0.368 e. The Morgan fingerprint density at radius 2 is 2.15 bits per heavy atom. The molecular weight excluding hydrogens is 270 g/mol. The van der Waals surface area contributed by atoms with Gasteiger partial charge in [0.25, 0.3) is 0 Å². The second-order valence-electron chi connectivity index (χ2n) is 5.41. The van der Waals surface area contributed by atoms with Crippen LogP contribution in [0.1, 0.15) is 25.7 Å². The van der Waals surface area contributed by atoms with Gasteiger partial charge in [0.05, 0.1) is 5.52 Å². The maximum atomic E-state index is 6.07. The van der Waals surface area contributed by atoms with Crippen molar-refractivity contribution in [3.05, 3.63) is 35.5 Å². The van der Waals surface area contributed by atoms with Crippen molar-refractivity contribution in [2.24, 2.45) is 5.73 Å². The minimum atomic E-state index is 0.655. The fourth-order valence-electron chi connectivity index (χ4n) is 2.82. The molecule has 1 aromatic carbocycles. The molecule has 106 valence electrons. The maximum absolute atomic E-state index is 6.07. The van der Waals surface area contributed by atoms with Gasteiger partial charge in [-0.1, -0.05) is 11.6 Å². The molecule has 2 aromatic rings. The molecule has 0 aliphatic heterocycles. The average molecular weight is 290 g/mol. The zero-order valence-corrected chi connectivity index (χ0v) is 12.3. The van der Waals surface area contributed by atoms with Crippen LogP contribution in [-0.4, -0.2) is 24.1 Å². The first-order valence-corrected chi connectivity index (χ1v) is 7.68. The molecule has 3 rings (SSSR count). The Bertz CT molecular complexity index is 595. The number of pyridine rings is 1. The molecule has 0 bridgehead atoms.